The molecule has 1 N–H and O–H groups in total. The average Bonchev–Trinajstić information content (AvgIpc) is 2.95. The summed E-state index contributed by atoms with van der Waals surface area (Å²) in [4.78, 5) is 17.8. The van der Waals surface area contributed by atoms with Gasteiger partial charge in [0.1, 0.15) is 17.8 Å². The van der Waals surface area contributed by atoms with Crippen molar-refractivity contribution in [3.05, 3.63) is 35.4 Å². The topological polar surface area (TPSA) is 41.6 Å². The van der Waals surface area contributed by atoms with Gasteiger partial charge < -0.3 is 5.32 Å². The second-order valence-electron chi connectivity index (χ2n) is 5.62. The molecule has 3 rings (SSSR count). The van der Waals surface area contributed by atoms with Crippen LogP contribution in [0.25, 0.3) is 0 Å². The molecule has 2 saturated heterocycles. The SMILES string of the molecule is O=C(C1CCNC[C@H]1F)N1OCCC1c1cc(F)cc(F)c1. The molecule has 22 heavy (non-hydrogen) atoms. The van der Waals surface area contributed by atoms with Crippen molar-refractivity contribution in [3.8, 4) is 0 Å². The van der Waals surface area contributed by atoms with Crippen LogP contribution in [0.4, 0.5) is 13.2 Å². The van der Waals surface area contributed by atoms with Crippen LogP contribution in [0.3, 0.4) is 0 Å². The molecule has 1 amide bonds. The predicted octanol–water partition coefficient (Wildman–Crippen LogP) is 2.12. The van der Waals surface area contributed by atoms with Gasteiger partial charge in [-0.2, -0.15) is 0 Å². The van der Waals surface area contributed by atoms with Crippen molar-refractivity contribution >= 4 is 5.91 Å². The standard InChI is InChI=1S/C15H17F3N2O2/c16-10-5-9(6-11(17)7-10)14-2-4-22-20(14)15(21)12-1-3-19-8-13(12)18/h5-7,12-14,19H,1-4,8H2/t12?,13-,14?/m1/s1. The summed E-state index contributed by atoms with van der Waals surface area (Å²) in [5, 5.41) is 3.98. The highest BCUT2D eigenvalue weighted by atomic mass is 19.1. The highest BCUT2D eigenvalue weighted by Gasteiger charge is 2.40. The first-order valence-electron chi connectivity index (χ1n) is 7.33. The smallest absolute Gasteiger partial charge is 0.252 e. The van der Waals surface area contributed by atoms with Crippen molar-refractivity contribution in [1.82, 2.24) is 10.4 Å². The van der Waals surface area contributed by atoms with Gasteiger partial charge in [0.2, 0.25) is 0 Å². The minimum absolute atomic E-state index is 0.128. The molecule has 0 spiro atoms. The van der Waals surface area contributed by atoms with Gasteiger partial charge in [0.25, 0.3) is 5.91 Å². The largest absolute Gasteiger partial charge is 0.314 e. The van der Waals surface area contributed by atoms with Crippen LogP contribution in [0, 0.1) is 17.6 Å². The Balaban J connectivity index is 1.81. The molecule has 0 radical (unpaired) electrons. The van der Waals surface area contributed by atoms with Gasteiger partial charge in [-0.25, -0.2) is 18.2 Å². The predicted molar refractivity (Wildman–Crippen MR) is 72.4 cm³/mol. The lowest BCUT2D eigenvalue weighted by Crippen LogP contribution is -2.46. The van der Waals surface area contributed by atoms with E-state index in [2.05, 4.69) is 5.32 Å². The number of amides is 1. The lowest BCUT2D eigenvalue weighted by molar-refractivity contribution is -0.184. The Morgan fingerprint density at radius 3 is 2.64 bits per heavy atom. The van der Waals surface area contributed by atoms with Gasteiger partial charge >= 0.3 is 0 Å². The quantitative estimate of drug-likeness (QED) is 0.909. The zero-order valence-corrected chi connectivity index (χ0v) is 11.9. The zero-order valence-electron chi connectivity index (χ0n) is 11.9. The van der Waals surface area contributed by atoms with E-state index in [0.29, 0.717) is 24.9 Å². The van der Waals surface area contributed by atoms with Crippen LogP contribution in [0.2, 0.25) is 0 Å². The molecule has 0 saturated carbocycles. The van der Waals surface area contributed by atoms with Crippen molar-refractivity contribution in [3.63, 3.8) is 0 Å². The molecule has 2 aliphatic heterocycles. The number of alkyl halides is 1. The summed E-state index contributed by atoms with van der Waals surface area (Å²) in [6.45, 7) is 0.948. The molecule has 3 atom stereocenters. The number of hydrogen-bond donors (Lipinski definition) is 1. The third kappa shape index (κ3) is 2.96. The first-order valence-corrected chi connectivity index (χ1v) is 7.33. The van der Waals surface area contributed by atoms with E-state index in [1.165, 1.54) is 12.1 Å². The van der Waals surface area contributed by atoms with E-state index < -0.39 is 35.7 Å². The zero-order chi connectivity index (χ0) is 15.7. The van der Waals surface area contributed by atoms with Crippen LogP contribution in [-0.4, -0.2) is 36.8 Å². The van der Waals surface area contributed by atoms with E-state index in [9.17, 15) is 18.0 Å². The maximum Gasteiger partial charge on any atom is 0.252 e. The summed E-state index contributed by atoms with van der Waals surface area (Å²) in [5.41, 5.74) is 0.327. The Hall–Kier alpha value is -1.60. The van der Waals surface area contributed by atoms with Crippen LogP contribution >= 0.6 is 0 Å². The summed E-state index contributed by atoms with van der Waals surface area (Å²) >= 11 is 0. The number of nitrogens with one attached hydrogen (secondary N) is 1. The number of hydrogen-bond acceptors (Lipinski definition) is 3. The van der Waals surface area contributed by atoms with Crippen molar-refractivity contribution in [2.24, 2.45) is 5.92 Å². The minimum Gasteiger partial charge on any atom is -0.314 e. The Kier molecular flexibility index (Phi) is 4.35. The van der Waals surface area contributed by atoms with E-state index in [1.807, 2.05) is 0 Å². The molecule has 4 nitrogen and oxygen atoms in total. The van der Waals surface area contributed by atoms with Crippen molar-refractivity contribution < 1.29 is 22.8 Å². The molecule has 7 heteroatoms. The molecular formula is C15H17F3N2O2. The summed E-state index contributed by atoms with van der Waals surface area (Å²) in [7, 11) is 0. The van der Waals surface area contributed by atoms with Crippen LogP contribution in [-0.2, 0) is 9.63 Å². The third-order valence-corrected chi connectivity index (χ3v) is 4.12. The highest BCUT2D eigenvalue weighted by Crippen LogP contribution is 2.34. The second kappa shape index (κ2) is 6.26. The molecule has 1 aromatic carbocycles. The summed E-state index contributed by atoms with van der Waals surface area (Å²) < 4.78 is 40.7. The van der Waals surface area contributed by atoms with E-state index in [-0.39, 0.29) is 13.2 Å². The number of nitrogens with zero attached hydrogens (tertiary/aromatic N) is 1. The number of carbonyl (C=O) groups excluding carboxylic acids is 1. The first kappa shape index (κ1) is 15.3. The Morgan fingerprint density at radius 1 is 1.23 bits per heavy atom. The molecule has 120 valence electrons. The number of halogens is 3. The van der Waals surface area contributed by atoms with Crippen LogP contribution in [0.15, 0.2) is 18.2 Å². The molecule has 0 aromatic heterocycles. The summed E-state index contributed by atoms with van der Waals surface area (Å²) in [6.07, 6.45) is -0.476. The van der Waals surface area contributed by atoms with E-state index in [1.54, 1.807) is 0 Å². The molecule has 2 fully saturated rings. The Morgan fingerprint density at radius 2 is 1.95 bits per heavy atom. The molecule has 2 aliphatic rings. The third-order valence-electron chi connectivity index (χ3n) is 4.12. The maximum absolute atomic E-state index is 13.9. The number of piperidine rings is 1. The lowest BCUT2D eigenvalue weighted by Gasteiger charge is -2.31. The lowest BCUT2D eigenvalue weighted by atomic mass is 9.94. The van der Waals surface area contributed by atoms with Gasteiger partial charge in [0.05, 0.1) is 18.6 Å². The number of benzene rings is 1. The van der Waals surface area contributed by atoms with E-state index in [4.69, 9.17) is 4.84 Å². The molecular weight excluding hydrogens is 297 g/mol. The fourth-order valence-electron chi connectivity index (χ4n) is 3.02. The average molecular weight is 314 g/mol. The van der Waals surface area contributed by atoms with Crippen LogP contribution in [0.5, 0.6) is 0 Å². The number of hydroxylamine groups is 2. The highest BCUT2D eigenvalue weighted by molar-refractivity contribution is 5.79. The Labute approximate surface area is 126 Å². The van der Waals surface area contributed by atoms with Crippen LogP contribution < -0.4 is 5.32 Å². The van der Waals surface area contributed by atoms with Gasteiger partial charge in [-0.15, -0.1) is 0 Å². The summed E-state index contributed by atoms with van der Waals surface area (Å²) in [6, 6.07) is 2.55. The second-order valence-corrected chi connectivity index (χ2v) is 5.62. The normalized spacial score (nSPS) is 28.9. The molecule has 0 aliphatic carbocycles. The fraction of sp³-hybridized carbons (Fsp3) is 0.533. The van der Waals surface area contributed by atoms with E-state index >= 15 is 0 Å². The molecule has 2 unspecified atom stereocenters. The first-order chi connectivity index (χ1) is 10.6. The number of rotatable bonds is 2. The van der Waals surface area contributed by atoms with Crippen LogP contribution in [0.1, 0.15) is 24.4 Å². The van der Waals surface area contributed by atoms with Gasteiger partial charge in [0.15, 0.2) is 0 Å². The minimum atomic E-state index is -1.28. The maximum atomic E-state index is 13.9. The molecule has 0 bridgehead atoms. The van der Waals surface area contributed by atoms with Gasteiger partial charge in [0, 0.05) is 19.0 Å². The van der Waals surface area contributed by atoms with E-state index in [0.717, 1.165) is 11.1 Å². The van der Waals surface area contributed by atoms with Gasteiger partial charge in [-0.05, 0) is 30.7 Å². The van der Waals surface area contributed by atoms with Gasteiger partial charge in [-0.1, -0.05) is 0 Å². The Bertz CT molecular complexity index is 549. The monoisotopic (exact) mass is 314 g/mol. The molecule has 2 heterocycles. The summed E-state index contributed by atoms with van der Waals surface area (Å²) in [5.74, 6) is -2.65. The van der Waals surface area contributed by atoms with Crippen molar-refractivity contribution in [1.29, 1.82) is 0 Å². The fourth-order valence-corrected chi connectivity index (χ4v) is 3.02. The van der Waals surface area contributed by atoms with Crippen molar-refractivity contribution in [2.45, 2.75) is 25.1 Å². The van der Waals surface area contributed by atoms with Crippen molar-refractivity contribution in [2.75, 3.05) is 19.7 Å². The number of carbonyl (C=O) groups is 1. The molecule has 1 aromatic rings. The van der Waals surface area contributed by atoms with Gasteiger partial charge in [-0.3, -0.25) is 9.63 Å².